The smallest absolute Gasteiger partial charge is 0.222 e. The Bertz CT molecular complexity index is 431. The van der Waals surface area contributed by atoms with Gasteiger partial charge < -0.3 is 4.42 Å². The Morgan fingerprint density at radius 1 is 1.43 bits per heavy atom. The number of rotatable bonds is 3. The fraction of sp³-hybridized carbons (Fsp3) is 0.200. The Balaban J connectivity index is 2.22. The highest BCUT2D eigenvalue weighted by atomic mass is 35.5. The normalized spacial score (nSPS) is 10.6. The van der Waals surface area contributed by atoms with Gasteiger partial charge in [-0.05, 0) is 23.7 Å². The minimum atomic E-state index is -0.368. The summed E-state index contributed by atoms with van der Waals surface area (Å²) in [7, 11) is 0. The molecule has 0 radical (unpaired) electrons. The van der Waals surface area contributed by atoms with E-state index in [1.807, 2.05) is 24.3 Å². The Kier molecular flexibility index (Phi) is 2.50. The van der Waals surface area contributed by atoms with Crippen molar-refractivity contribution in [2.45, 2.75) is 12.8 Å². The third-order valence-electron chi connectivity index (χ3n) is 1.87. The van der Waals surface area contributed by atoms with Crippen molar-refractivity contribution in [1.29, 1.82) is 0 Å². The van der Waals surface area contributed by atoms with Gasteiger partial charge in [0.15, 0.2) is 11.5 Å². The molecule has 72 valence electrons. The van der Waals surface area contributed by atoms with Crippen LogP contribution in [0.2, 0.25) is 0 Å². The Labute approximate surface area is 85.7 Å². The molecule has 0 bridgehead atoms. The monoisotopic (exact) mass is 209 g/mol. The van der Waals surface area contributed by atoms with Crippen molar-refractivity contribution in [3.05, 3.63) is 30.2 Å². The van der Waals surface area contributed by atoms with Gasteiger partial charge in [-0.3, -0.25) is 4.79 Å². The molecule has 1 heterocycles. The summed E-state index contributed by atoms with van der Waals surface area (Å²) >= 11 is 5.22. The number of oxazole rings is 1. The van der Waals surface area contributed by atoms with Gasteiger partial charge in [-0.25, -0.2) is 4.98 Å². The number of carbonyl (C=O) groups is 1. The first-order valence-corrected chi connectivity index (χ1v) is 4.66. The fourth-order valence-corrected chi connectivity index (χ4v) is 1.33. The topological polar surface area (TPSA) is 43.1 Å². The molecule has 0 aliphatic rings. The first kappa shape index (κ1) is 9.21. The minimum Gasteiger partial charge on any atom is -0.441 e. The summed E-state index contributed by atoms with van der Waals surface area (Å²) in [5.41, 5.74) is 1.55. The molecular weight excluding hydrogens is 202 g/mol. The molecule has 0 amide bonds. The van der Waals surface area contributed by atoms with Crippen molar-refractivity contribution < 1.29 is 9.21 Å². The summed E-state index contributed by atoms with van der Waals surface area (Å²) in [6.45, 7) is 0. The molecule has 1 aromatic carbocycles. The highest BCUT2D eigenvalue weighted by Gasteiger charge is 2.06. The summed E-state index contributed by atoms with van der Waals surface area (Å²) in [6, 6.07) is 7.48. The van der Waals surface area contributed by atoms with Gasteiger partial charge in [-0.15, -0.1) is 0 Å². The van der Waals surface area contributed by atoms with Crippen LogP contribution in [-0.2, 0) is 11.2 Å². The lowest BCUT2D eigenvalue weighted by Gasteiger charge is -1.87. The molecule has 0 saturated carbocycles. The number of hydrogen-bond acceptors (Lipinski definition) is 3. The second-order valence-corrected chi connectivity index (χ2v) is 3.35. The van der Waals surface area contributed by atoms with Gasteiger partial charge in [0.05, 0.1) is 0 Å². The van der Waals surface area contributed by atoms with Crippen molar-refractivity contribution in [3.63, 3.8) is 0 Å². The van der Waals surface area contributed by atoms with E-state index in [1.165, 1.54) is 0 Å². The van der Waals surface area contributed by atoms with Gasteiger partial charge in [-0.2, -0.15) is 0 Å². The second kappa shape index (κ2) is 3.80. The molecule has 0 N–H and O–H groups in total. The van der Waals surface area contributed by atoms with Crippen molar-refractivity contribution in [1.82, 2.24) is 4.98 Å². The third-order valence-corrected chi connectivity index (χ3v) is 2.06. The van der Waals surface area contributed by atoms with Gasteiger partial charge in [0, 0.05) is 12.8 Å². The lowest BCUT2D eigenvalue weighted by Crippen LogP contribution is -1.90. The number of para-hydroxylation sites is 2. The van der Waals surface area contributed by atoms with Crippen LogP contribution >= 0.6 is 11.6 Å². The van der Waals surface area contributed by atoms with Crippen LogP contribution in [0.15, 0.2) is 28.7 Å². The molecule has 0 fully saturated rings. The number of halogens is 1. The van der Waals surface area contributed by atoms with E-state index in [0.29, 0.717) is 12.3 Å². The third kappa shape index (κ3) is 1.93. The number of benzene rings is 1. The van der Waals surface area contributed by atoms with E-state index in [0.717, 1.165) is 11.1 Å². The Morgan fingerprint density at radius 3 is 2.93 bits per heavy atom. The van der Waals surface area contributed by atoms with E-state index in [2.05, 4.69) is 4.98 Å². The van der Waals surface area contributed by atoms with Gasteiger partial charge >= 0.3 is 0 Å². The quantitative estimate of drug-likeness (QED) is 0.730. The maximum atomic E-state index is 10.5. The summed E-state index contributed by atoms with van der Waals surface area (Å²) < 4.78 is 5.40. The molecule has 0 unspecified atom stereocenters. The van der Waals surface area contributed by atoms with Crippen molar-refractivity contribution in [2.75, 3.05) is 0 Å². The van der Waals surface area contributed by atoms with Crippen LogP contribution in [0, 0.1) is 0 Å². The summed E-state index contributed by atoms with van der Waals surface area (Å²) in [5.74, 6) is 0.556. The van der Waals surface area contributed by atoms with Crippen molar-refractivity contribution in [3.8, 4) is 0 Å². The molecule has 3 nitrogen and oxygen atoms in total. The fourth-order valence-electron chi connectivity index (χ4n) is 1.23. The molecule has 14 heavy (non-hydrogen) atoms. The number of nitrogens with zero attached hydrogens (tertiary/aromatic N) is 1. The molecule has 0 saturated heterocycles. The van der Waals surface area contributed by atoms with E-state index < -0.39 is 0 Å². The minimum absolute atomic E-state index is 0.258. The van der Waals surface area contributed by atoms with Crippen LogP contribution in [0.4, 0.5) is 0 Å². The molecule has 0 aliphatic carbocycles. The zero-order chi connectivity index (χ0) is 9.97. The van der Waals surface area contributed by atoms with E-state index >= 15 is 0 Å². The maximum Gasteiger partial charge on any atom is 0.222 e. The molecule has 0 spiro atoms. The molecule has 0 atom stereocenters. The van der Waals surface area contributed by atoms with Crippen LogP contribution in [0.25, 0.3) is 11.1 Å². The highest BCUT2D eigenvalue weighted by molar-refractivity contribution is 6.63. The zero-order valence-electron chi connectivity index (χ0n) is 7.37. The second-order valence-electron chi connectivity index (χ2n) is 2.93. The SMILES string of the molecule is O=C(Cl)CCc1nc2ccccc2o1. The van der Waals surface area contributed by atoms with Crippen LogP contribution in [-0.4, -0.2) is 10.2 Å². The lowest BCUT2D eigenvalue weighted by atomic mass is 10.3. The molecule has 1 aromatic heterocycles. The summed E-state index contributed by atoms with van der Waals surface area (Å²) in [5, 5.41) is -0.368. The first-order chi connectivity index (χ1) is 6.75. The predicted molar refractivity (Wildman–Crippen MR) is 53.2 cm³/mol. The van der Waals surface area contributed by atoms with E-state index in [-0.39, 0.29) is 11.7 Å². The largest absolute Gasteiger partial charge is 0.441 e. The van der Waals surface area contributed by atoms with Crippen LogP contribution in [0.3, 0.4) is 0 Å². The number of hydrogen-bond donors (Lipinski definition) is 0. The summed E-state index contributed by atoms with van der Waals surface area (Å²) in [6.07, 6.45) is 0.714. The molecule has 4 heteroatoms. The highest BCUT2D eigenvalue weighted by Crippen LogP contribution is 2.15. The number of fused-ring (bicyclic) bond motifs is 1. The first-order valence-electron chi connectivity index (χ1n) is 4.28. The van der Waals surface area contributed by atoms with Crippen LogP contribution in [0.5, 0.6) is 0 Å². The molecular formula is C10H8ClNO2. The Hall–Kier alpha value is -1.35. The average Bonchev–Trinajstić information content (AvgIpc) is 2.57. The number of carbonyl (C=O) groups excluding carboxylic acids is 1. The van der Waals surface area contributed by atoms with Gasteiger partial charge in [0.25, 0.3) is 0 Å². The average molecular weight is 210 g/mol. The van der Waals surface area contributed by atoms with Gasteiger partial charge in [0.2, 0.25) is 5.24 Å². The molecule has 0 aliphatic heterocycles. The van der Waals surface area contributed by atoms with E-state index in [4.69, 9.17) is 16.0 Å². The maximum absolute atomic E-state index is 10.5. The van der Waals surface area contributed by atoms with Gasteiger partial charge in [-0.1, -0.05) is 12.1 Å². The van der Waals surface area contributed by atoms with Crippen molar-refractivity contribution >= 4 is 27.9 Å². The molecule has 2 aromatic rings. The summed E-state index contributed by atoms with van der Waals surface area (Å²) in [4.78, 5) is 14.7. The Morgan fingerprint density at radius 2 is 2.21 bits per heavy atom. The van der Waals surface area contributed by atoms with E-state index in [9.17, 15) is 4.79 Å². The number of aryl methyl sites for hydroxylation is 1. The van der Waals surface area contributed by atoms with Crippen LogP contribution < -0.4 is 0 Å². The number of aromatic nitrogens is 1. The van der Waals surface area contributed by atoms with Gasteiger partial charge in [0.1, 0.15) is 5.52 Å². The van der Waals surface area contributed by atoms with Crippen LogP contribution in [0.1, 0.15) is 12.3 Å². The predicted octanol–water partition coefficient (Wildman–Crippen LogP) is 2.53. The van der Waals surface area contributed by atoms with E-state index in [1.54, 1.807) is 0 Å². The zero-order valence-corrected chi connectivity index (χ0v) is 8.12. The van der Waals surface area contributed by atoms with Crippen molar-refractivity contribution in [2.24, 2.45) is 0 Å². The standard InChI is InChI=1S/C10H8ClNO2/c11-9(13)5-6-10-12-7-3-1-2-4-8(7)14-10/h1-4H,5-6H2. The molecule has 2 rings (SSSR count). The lowest BCUT2D eigenvalue weighted by molar-refractivity contribution is -0.111.